The maximum Gasteiger partial charge on any atom is 0.307 e. The van der Waals surface area contributed by atoms with Crippen LogP contribution >= 0.6 is 0 Å². The molecule has 0 aliphatic carbocycles. The molecule has 0 bridgehead atoms. The summed E-state index contributed by atoms with van der Waals surface area (Å²) in [5.41, 5.74) is 2.91. The lowest BCUT2D eigenvalue weighted by Crippen LogP contribution is -2.19. The highest BCUT2D eigenvalue weighted by atomic mass is 16.9. The second-order valence-electron chi connectivity index (χ2n) is 3.28. The van der Waals surface area contributed by atoms with Gasteiger partial charge in [-0.2, -0.15) is 0 Å². The lowest BCUT2D eigenvalue weighted by atomic mass is 10.2. The van der Waals surface area contributed by atoms with E-state index in [0.29, 0.717) is 0 Å². The third kappa shape index (κ3) is 12.7. The van der Waals surface area contributed by atoms with Gasteiger partial charge in [0.05, 0.1) is 32.8 Å². The van der Waals surface area contributed by atoms with Gasteiger partial charge in [0.2, 0.25) is 0 Å². The fourth-order valence-electron chi connectivity index (χ4n) is 0.987. The third-order valence-corrected chi connectivity index (χ3v) is 1.70. The summed E-state index contributed by atoms with van der Waals surface area (Å²) in [6.07, 6.45) is 0.112. The van der Waals surface area contributed by atoms with Crippen molar-refractivity contribution in [2.24, 2.45) is 0 Å². The molecule has 4 N–H and O–H groups in total. The van der Waals surface area contributed by atoms with Gasteiger partial charge in [0.15, 0.2) is 0 Å². The normalized spacial score (nSPS) is 9.58. The number of rotatable bonds is 8. The molecule has 0 radical (unpaired) electrons. The van der Waals surface area contributed by atoms with Crippen molar-refractivity contribution < 1.29 is 29.8 Å². The van der Waals surface area contributed by atoms with Gasteiger partial charge in [-0.25, -0.2) is 0 Å². The number of aliphatic hydroxyl groups is 2. The zero-order chi connectivity index (χ0) is 14.3. The highest BCUT2D eigenvalue weighted by Crippen LogP contribution is 1.98. The zero-order valence-corrected chi connectivity index (χ0v) is 10.5. The van der Waals surface area contributed by atoms with Crippen molar-refractivity contribution in [2.45, 2.75) is 6.42 Å². The minimum atomic E-state index is -0.786. The first-order valence-corrected chi connectivity index (χ1v) is 5.66. The van der Waals surface area contributed by atoms with Gasteiger partial charge in [-0.1, -0.05) is 36.0 Å². The maximum absolute atomic E-state index is 10.2. The van der Waals surface area contributed by atoms with Gasteiger partial charge in [-0.05, 0) is 5.56 Å². The maximum atomic E-state index is 10.2. The Balaban J connectivity index is 0.000000344. The molecule has 0 aromatic heterocycles. The molecule has 0 atom stereocenters. The molecule has 0 aliphatic heterocycles. The van der Waals surface area contributed by atoms with Crippen molar-refractivity contribution in [3.8, 4) is 0 Å². The number of hydrogen-bond donors (Lipinski definition) is 4. The van der Waals surface area contributed by atoms with Crippen molar-refractivity contribution in [3.63, 3.8) is 0 Å². The van der Waals surface area contributed by atoms with Crippen LogP contribution in [0.2, 0.25) is 0 Å². The Morgan fingerprint density at radius 1 is 1.05 bits per heavy atom. The summed E-state index contributed by atoms with van der Waals surface area (Å²) < 4.78 is 0. The molecule has 7 heteroatoms. The fraction of sp³-hybridized carbons (Fsp3) is 0.417. The smallest absolute Gasteiger partial charge is 0.307 e. The number of nitrogens with one attached hydrogen (secondary N) is 1. The molecule has 0 unspecified atom stereocenters. The Hall–Kier alpha value is -1.51. The van der Waals surface area contributed by atoms with Crippen LogP contribution in [0, 0.1) is 0 Å². The van der Waals surface area contributed by atoms with Crippen LogP contribution in [0.4, 0.5) is 0 Å². The van der Waals surface area contributed by atoms with Crippen LogP contribution in [0.3, 0.4) is 0 Å². The predicted molar refractivity (Wildman–Crippen MR) is 67.0 cm³/mol. The average Bonchev–Trinajstić information content (AvgIpc) is 2.40. The molecule has 1 rings (SSSR count). The van der Waals surface area contributed by atoms with E-state index >= 15 is 0 Å². The third-order valence-electron chi connectivity index (χ3n) is 1.70. The standard InChI is InChI=1S/C8H8O2.C4H11NO4/c9-8(10)6-7-4-2-1-3-5-7;6-1-3-8-5-9-4-2-7/h1-5H,6H2,(H,9,10);5-7H,1-4H2. The Morgan fingerprint density at radius 2 is 1.58 bits per heavy atom. The summed E-state index contributed by atoms with van der Waals surface area (Å²) in [5.74, 6) is -0.786. The monoisotopic (exact) mass is 273 g/mol. The number of hydrogen-bond acceptors (Lipinski definition) is 6. The van der Waals surface area contributed by atoms with Crippen molar-refractivity contribution in [1.82, 2.24) is 5.64 Å². The van der Waals surface area contributed by atoms with Gasteiger partial charge in [-0.15, -0.1) is 0 Å². The SMILES string of the molecule is O=C(O)Cc1ccccc1.OCCONOCCO. The summed E-state index contributed by atoms with van der Waals surface area (Å²) in [4.78, 5) is 19.1. The van der Waals surface area contributed by atoms with Gasteiger partial charge in [0.1, 0.15) is 0 Å². The number of aliphatic hydroxyl groups excluding tert-OH is 2. The van der Waals surface area contributed by atoms with Crippen molar-refractivity contribution in [1.29, 1.82) is 0 Å². The molecule has 7 nitrogen and oxygen atoms in total. The quantitative estimate of drug-likeness (QED) is 0.381. The van der Waals surface area contributed by atoms with E-state index < -0.39 is 5.97 Å². The first-order valence-electron chi connectivity index (χ1n) is 5.66. The molecule has 0 amide bonds. The molecule has 0 saturated heterocycles. The number of carboxylic acid groups (broad SMARTS) is 1. The zero-order valence-electron chi connectivity index (χ0n) is 10.5. The van der Waals surface area contributed by atoms with Crippen LogP contribution in [-0.2, 0) is 20.9 Å². The van der Waals surface area contributed by atoms with Gasteiger partial charge < -0.3 is 15.3 Å². The van der Waals surface area contributed by atoms with E-state index in [0.717, 1.165) is 5.56 Å². The van der Waals surface area contributed by atoms with Crippen molar-refractivity contribution in [2.75, 3.05) is 26.4 Å². The van der Waals surface area contributed by atoms with Gasteiger partial charge in [0.25, 0.3) is 0 Å². The number of carboxylic acids is 1. The molecule has 0 fully saturated rings. The number of aliphatic carboxylic acids is 1. The Kier molecular flexibility index (Phi) is 11.9. The molecule has 0 heterocycles. The second-order valence-corrected chi connectivity index (χ2v) is 3.28. The summed E-state index contributed by atoms with van der Waals surface area (Å²) in [6, 6.07) is 9.13. The summed E-state index contributed by atoms with van der Waals surface area (Å²) >= 11 is 0. The summed E-state index contributed by atoms with van der Waals surface area (Å²) in [7, 11) is 0. The van der Waals surface area contributed by atoms with E-state index in [1.807, 2.05) is 18.2 Å². The van der Waals surface area contributed by atoms with Crippen LogP contribution in [0.1, 0.15) is 5.56 Å². The van der Waals surface area contributed by atoms with E-state index in [2.05, 4.69) is 15.3 Å². The summed E-state index contributed by atoms with van der Waals surface area (Å²) in [6.45, 7) is 0.224. The van der Waals surface area contributed by atoms with Crippen LogP contribution in [0.15, 0.2) is 30.3 Å². The van der Waals surface area contributed by atoms with Crippen LogP contribution in [0.5, 0.6) is 0 Å². The lowest BCUT2D eigenvalue weighted by Gasteiger charge is -2.01. The molecular formula is C12H19NO6. The Bertz CT molecular complexity index is 313. The number of benzene rings is 1. The van der Waals surface area contributed by atoms with Crippen molar-refractivity contribution in [3.05, 3.63) is 35.9 Å². The predicted octanol–water partition coefficient (Wildman–Crippen LogP) is -0.262. The lowest BCUT2D eigenvalue weighted by molar-refractivity contribution is -0.178. The minimum Gasteiger partial charge on any atom is -0.481 e. The van der Waals surface area contributed by atoms with Gasteiger partial charge >= 0.3 is 5.97 Å². The van der Waals surface area contributed by atoms with Crippen LogP contribution in [0.25, 0.3) is 0 Å². The van der Waals surface area contributed by atoms with E-state index in [-0.39, 0.29) is 32.8 Å². The van der Waals surface area contributed by atoms with E-state index in [9.17, 15) is 4.79 Å². The molecule has 0 spiro atoms. The van der Waals surface area contributed by atoms with Crippen molar-refractivity contribution >= 4 is 5.97 Å². The highest BCUT2D eigenvalue weighted by Gasteiger charge is 1.96. The minimum absolute atomic E-state index is 0.0600. The highest BCUT2D eigenvalue weighted by molar-refractivity contribution is 5.70. The largest absolute Gasteiger partial charge is 0.481 e. The first-order chi connectivity index (χ1) is 9.20. The molecule has 19 heavy (non-hydrogen) atoms. The molecular weight excluding hydrogens is 254 g/mol. The average molecular weight is 273 g/mol. The van der Waals surface area contributed by atoms with Gasteiger partial charge in [0, 0.05) is 0 Å². The van der Waals surface area contributed by atoms with E-state index in [4.69, 9.17) is 15.3 Å². The Labute approximate surface area is 111 Å². The first kappa shape index (κ1) is 17.5. The fourth-order valence-corrected chi connectivity index (χ4v) is 0.987. The Morgan fingerprint density at radius 3 is 2.00 bits per heavy atom. The van der Waals surface area contributed by atoms with Crippen LogP contribution in [-0.4, -0.2) is 47.7 Å². The molecule has 1 aromatic carbocycles. The van der Waals surface area contributed by atoms with E-state index in [1.54, 1.807) is 12.1 Å². The molecule has 108 valence electrons. The number of carbonyl (C=O) groups is 1. The molecule has 1 aromatic rings. The molecule has 0 aliphatic rings. The summed E-state index contributed by atoms with van der Waals surface area (Å²) in [5, 5.41) is 24.7. The van der Waals surface area contributed by atoms with Crippen LogP contribution < -0.4 is 5.64 Å². The van der Waals surface area contributed by atoms with Gasteiger partial charge in [-0.3, -0.25) is 14.5 Å². The molecule has 0 saturated carbocycles. The topological polar surface area (TPSA) is 108 Å². The second kappa shape index (κ2) is 12.9. The van der Waals surface area contributed by atoms with E-state index in [1.165, 1.54) is 0 Å².